The predicted octanol–water partition coefficient (Wildman–Crippen LogP) is 3.64. The van der Waals surface area contributed by atoms with E-state index in [1.165, 1.54) is 6.07 Å². The normalized spacial score (nSPS) is 15.2. The van der Waals surface area contributed by atoms with E-state index in [4.69, 9.17) is 0 Å². The van der Waals surface area contributed by atoms with E-state index in [-0.39, 0.29) is 17.5 Å². The molecule has 3 aromatic rings. The first kappa shape index (κ1) is 17.5. The molecular weight excluding hydrogens is 343 g/mol. The summed E-state index contributed by atoms with van der Waals surface area (Å²) >= 11 is 0. The molecule has 1 amide bonds. The molecule has 0 unspecified atom stereocenters. The summed E-state index contributed by atoms with van der Waals surface area (Å²) in [5.74, 6) is -0.353. The third-order valence-corrected chi connectivity index (χ3v) is 5.11. The number of phenols is 1. The number of rotatable bonds is 3. The van der Waals surface area contributed by atoms with Crippen molar-refractivity contribution in [3.8, 4) is 5.75 Å². The van der Waals surface area contributed by atoms with E-state index < -0.39 is 0 Å². The lowest BCUT2D eigenvalue weighted by Gasteiger charge is -2.35. The van der Waals surface area contributed by atoms with Crippen molar-refractivity contribution in [2.75, 3.05) is 26.2 Å². The minimum atomic E-state index is -0.197. The van der Waals surface area contributed by atoms with Crippen LogP contribution in [0.2, 0.25) is 0 Å². The molecule has 138 valence electrons. The number of fused-ring (bicyclic) bond motifs is 1. The number of halogens is 1. The van der Waals surface area contributed by atoms with Gasteiger partial charge in [-0.3, -0.25) is 9.69 Å². The van der Waals surface area contributed by atoms with Crippen molar-refractivity contribution in [2.24, 2.45) is 0 Å². The Morgan fingerprint density at radius 1 is 0.926 bits per heavy atom. The van der Waals surface area contributed by atoms with Gasteiger partial charge < -0.3 is 10.0 Å². The summed E-state index contributed by atoms with van der Waals surface area (Å²) in [5, 5.41) is 12.1. The van der Waals surface area contributed by atoms with Crippen molar-refractivity contribution in [1.82, 2.24) is 9.80 Å². The summed E-state index contributed by atoms with van der Waals surface area (Å²) < 4.78 is 13.8. The van der Waals surface area contributed by atoms with Gasteiger partial charge in [0.1, 0.15) is 11.6 Å². The average molecular weight is 364 g/mol. The molecule has 0 bridgehead atoms. The highest BCUT2D eigenvalue weighted by molar-refractivity contribution is 6.01. The lowest BCUT2D eigenvalue weighted by Crippen LogP contribution is -2.48. The minimum Gasteiger partial charge on any atom is -0.507 e. The lowest BCUT2D eigenvalue weighted by molar-refractivity contribution is 0.0624. The minimum absolute atomic E-state index is 0.00693. The third-order valence-electron chi connectivity index (χ3n) is 5.11. The second-order valence-corrected chi connectivity index (χ2v) is 6.88. The van der Waals surface area contributed by atoms with Gasteiger partial charge in [-0.2, -0.15) is 0 Å². The number of aromatic hydroxyl groups is 1. The molecule has 27 heavy (non-hydrogen) atoms. The van der Waals surface area contributed by atoms with Crippen molar-refractivity contribution in [2.45, 2.75) is 6.54 Å². The van der Waals surface area contributed by atoms with E-state index >= 15 is 0 Å². The second-order valence-electron chi connectivity index (χ2n) is 6.88. The first-order valence-corrected chi connectivity index (χ1v) is 9.08. The summed E-state index contributed by atoms with van der Waals surface area (Å²) in [7, 11) is 0. The van der Waals surface area contributed by atoms with E-state index in [0.717, 1.165) is 10.8 Å². The van der Waals surface area contributed by atoms with Gasteiger partial charge in [0.2, 0.25) is 0 Å². The number of phenolic OH excluding ortho intramolecular Hbond substituents is 1. The van der Waals surface area contributed by atoms with Gasteiger partial charge in [-0.15, -0.1) is 0 Å². The molecule has 0 radical (unpaired) electrons. The molecule has 1 aliphatic heterocycles. The van der Waals surface area contributed by atoms with Crippen molar-refractivity contribution in [3.63, 3.8) is 0 Å². The zero-order valence-corrected chi connectivity index (χ0v) is 14.9. The van der Waals surface area contributed by atoms with E-state index in [1.807, 2.05) is 30.3 Å². The molecule has 0 aliphatic carbocycles. The topological polar surface area (TPSA) is 43.8 Å². The average Bonchev–Trinajstić information content (AvgIpc) is 2.69. The van der Waals surface area contributed by atoms with Crippen LogP contribution >= 0.6 is 0 Å². The van der Waals surface area contributed by atoms with E-state index in [9.17, 15) is 14.3 Å². The number of hydrogen-bond donors (Lipinski definition) is 1. The molecule has 1 N–H and O–H groups in total. The molecule has 1 saturated heterocycles. The van der Waals surface area contributed by atoms with Crippen LogP contribution in [0.15, 0.2) is 60.7 Å². The van der Waals surface area contributed by atoms with Crippen LogP contribution in [0, 0.1) is 5.82 Å². The molecule has 3 aromatic carbocycles. The van der Waals surface area contributed by atoms with Crippen LogP contribution in [0.5, 0.6) is 5.75 Å². The summed E-state index contributed by atoms with van der Waals surface area (Å²) in [6.45, 7) is 3.00. The monoisotopic (exact) mass is 364 g/mol. The van der Waals surface area contributed by atoms with Crippen LogP contribution in [0.1, 0.15) is 15.9 Å². The van der Waals surface area contributed by atoms with Crippen molar-refractivity contribution < 1.29 is 14.3 Å². The zero-order valence-electron chi connectivity index (χ0n) is 14.9. The van der Waals surface area contributed by atoms with Crippen LogP contribution < -0.4 is 0 Å². The summed E-state index contributed by atoms with van der Waals surface area (Å²) in [4.78, 5) is 16.8. The maximum atomic E-state index is 13.8. The lowest BCUT2D eigenvalue weighted by atomic mass is 10.0. The van der Waals surface area contributed by atoms with Gasteiger partial charge in [0.15, 0.2) is 0 Å². The molecule has 1 aliphatic rings. The second kappa shape index (κ2) is 7.37. The molecule has 4 nitrogen and oxygen atoms in total. The van der Waals surface area contributed by atoms with Gasteiger partial charge in [0.05, 0.1) is 5.56 Å². The number of carbonyl (C=O) groups excluding carboxylic acids is 1. The number of piperazine rings is 1. The smallest absolute Gasteiger partial charge is 0.257 e. The van der Waals surface area contributed by atoms with Gasteiger partial charge in [0, 0.05) is 38.3 Å². The van der Waals surface area contributed by atoms with Gasteiger partial charge in [-0.1, -0.05) is 42.5 Å². The summed E-state index contributed by atoms with van der Waals surface area (Å²) in [5.41, 5.74) is 1.00. The van der Waals surface area contributed by atoms with E-state index in [2.05, 4.69) is 4.90 Å². The molecule has 0 aromatic heterocycles. The quantitative estimate of drug-likeness (QED) is 0.772. The number of hydrogen-bond acceptors (Lipinski definition) is 3. The Balaban J connectivity index is 1.44. The number of benzene rings is 3. The fraction of sp³-hybridized carbons (Fsp3) is 0.227. The third kappa shape index (κ3) is 3.64. The largest absolute Gasteiger partial charge is 0.507 e. The summed E-state index contributed by atoms with van der Waals surface area (Å²) in [6, 6.07) is 17.8. The fourth-order valence-electron chi connectivity index (χ4n) is 3.55. The highest BCUT2D eigenvalue weighted by Crippen LogP contribution is 2.26. The maximum absolute atomic E-state index is 13.8. The Morgan fingerprint density at radius 2 is 1.56 bits per heavy atom. The molecule has 0 spiro atoms. The zero-order chi connectivity index (χ0) is 18.8. The Hall–Kier alpha value is -2.92. The van der Waals surface area contributed by atoms with Gasteiger partial charge in [0.25, 0.3) is 5.91 Å². The molecule has 1 heterocycles. The Kier molecular flexibility index (Phi) is 4.77. The van der Waals surface area contributed by atoms with E-state index in [1.54, 1.807) is 29.2 Å². The summed E-state index contributed by atoms with van der Waals surface area (Å²) in [6.07, 6.45) is 0. The number of amides is 1. The highest BCUT2D eigenvalue weighted by Gasteiger charge is 2.24. The van der Waals surface area contributed by atoms with Crippen LogP contribution in [-0.2, 0) is 6.54 Å². The first-order chi connectivity index (χ1) is 13.1. The van der Waals surface area contributed by atoms with Crippen molar-refractivity contribution >= 4 is 16.7 Å². The van der Waals surface area contributed by atoms with Gasteiger partial charge in [-0.05, 0) is 29.0 Å². The van der Waals surface area contributed by atoms with Crippen LogP contribution in [0.3, 0.4) is 0 Å². The maximum Gasteiger partial charge on any atom is 0.257 e. The highest BCUT2D eigenvalue weighted by atomic mass is 19.1. The van der Waals surface area contributed by atoms with Crippen LogP contribution in [-0.4, -0.2) is 47.0 Å². The Morgan fingerprint density at radius 3 is 2.26 bits per heavy atom. The van der Waals surface area contributed by atoms with E-state index in [0.29, 0.717) is 43.9 Å². The molecule has 5 heteroatoms. The van der Waals surface area contributed by atoms with Gasteiger partial charge >= 0.3 is 0 Å². The first-order valence-electron chi connectivity index (χ1n) is 9.08. The Labute approximate surface area is 157 Å². The molecule has 1 fully saturated rings. The number of carbonyl (C=O) groups is 1. The Bertz CT molecular complexity index is 981. The van der Waals surface area contributed by atoms with Crippen LogP contribution in [0.25, 0.3) is 10.8 Å². The standard InChI is InChI=1S/C22H21FN2O2/c23-20-8-4-3-7-18(20)15-24-9-11-25(12-10-24)22(27)19-13-16-5-1-2-6-17(16)14-21(19)26/h1-8,13-14,26H,9-12,15H2. The van der Waals surface area contributed by atoms with Crippen molar-refractivity contribution in [3.05, 3.63) is 77.6 Å². The molecule has 0 atom stereocenters. The molecular formula is C22H21FN2O2. The fourth-order valence-corrected chi connectivity index (χ4v) is 3.55. The van der Waals surface area contributed by atoms with Crippen LogP contribution in [0.4, 0.5) is 4.39 Å². The SMILES string of the molecule is O=C(c1cc2ccccc2cc1O)N1CCN(Cc2ccccc2F)CC1. The number of nitrogens with zero attached hydrogens (tertiary/aromatic N) is 2. The van der Waals surface area contributed by atoms with Gasteiger partial charge in [-0.25, -0.2) is 4.39 Å². The molecule has 0 saturated carbocycles. The molecule has 4 rings (SSSR count). The van der Waals surface area contributed by atoms with Crippen molar-refractivity contribution in [1.29, 1.82) is 0 Å². The predicted molar refractivity (Wildman–Crippen MR) is 103 cm³/mol.